The molecule has 1 heterocycles. The van der Waals surface area contributed by atoms with Crippen molar-refractivity contribution in [2.24, 2.45) is 0 Å². The van der Waals surface area contributed by atoms with Crippen LogP contribution in [-0.2, 0) is 0 Å². The molecule has 0 saturated carbocycles. The van der Waals surface area contributed by atoms with Gasteiger partial charge in [0.25, 0.3) is 0 Å². The maximum atomic E-state index is 12.3. The molecule has 0 amide bonds. The number of Topliss-reactive ketones (excluding diaryl/α,β-unsaturated/α-hetero) is 1. The van der Waals surface area contributed by atoms with Crippen LogP contribution in [0.25, 0.3) is 5.69 Å². The van der Waals surface area contributed by atoms with E-state index in [1.807, 2.05) is 30.3 Å². The lowest BCUT2D eigenvalue weighted by atomic mass is 10.1. The number of para-hydroxylation sites is 1. The fraction of sp³-hybridized carbons (Fsp3) is 0.375. The van der Waals surface area contributed by atoms with Gasteiger partial charge >= 0.3 is 0 Å². The first-order valence-corrected chi connectivity index (χ1v) is 6.85. The van der Waals surface area contributed by atoms with Gasteiger partial charge < -0.3 is 5.32 Å². The van der Waals surface area contributed by atoms with E-state index in [0.717, 1.165) is 5.69 Å². The summed E-state index contributed by atoms with van der Waals surface area (Å²) in [7, 11) is 0. The summed E-state index contributed by atoms with van der Waals surface area (Å²) in [5.74, 6) is 0.100. The summed E-state index contributed by atoms with van der Waals surface area (Å²) in [6.07, 6.45) is 2.13. The molecule has 0 spiro atoms. The van der Waals surface area contributed by atoms with Crippen molar-refractivity contribution >= 4 is 5.78 Å². The van der Waals surface area contributed by atoms with Crippen molar-refractivity contribution < 1.29 is 4.79 Å². The number of carbonyl (C=O) groups excluding carboxylic acids is 1. The Morgan fingerprint density at radius 3 is 2.55 bits per heavy atom. The molecule has 4 heteroatoms. The molecule has 20 heavy (non-hydrogen) atoms. The maximum absolute atomic E-state index is 12.3. The summed E-state index contributed by atoms with van der Waals surface area (Å²) in [6, 6.07) is 11.5. The minimum Gasteiger partial charge on any atom is -0.312 e. The molecular formula is C16H21N3O. The first-order valence-electron chi connectivity index (χ1n) is 6.85. The van der Waals surface area contributed by atoms with Gasteiger partial charge in [-0.15, -0.1) is 0 Å². The van der Waals surface area contributed by atoms with Gasteiger partial charge in [0.05, 0.1) is 11.9 Å². The average molecular weight is 271 g/mol. The van der Waals surface area contributed by atoms with Gasteiger partial charge in [0.15, 0.2) is 5.78 Å². The van der Waals surface area contributed by atoms with E-state index in [0.29, 0.717) is 18.7 Å². The van der Waals surface area contributed by atoms with Gasteiger partial charge in [-0.1, -0.05) is 18.2 Å². The van der Waals surface area contributed by atoms with Crippen LogP contribution in [0.1, 0.15) is 37.7 Å². The van der Waals surface area contributed by atoms with E-state index in [9.17, 15) is 4.79 Å². The molecule has 4 nitrogen and oxygen atoms in total. The minimum absolute atomic E-state index is 0.0277. The van der Waals surface area contributed by atoms with Crippen LogP contribution in [-0.4, -0.2) is 27.6 Å². The Balaban J connectivity index is 2.07. The van der Waals surface area contributed by atoms with Gasteiger partial charge in [0.2, 0.25) is 0 Å². The molecule has 0 radical (unpaired) electrons. The standard InChI is InChI=1S/C16H21N3O/c1-16(2,3)17-11-10-15(20)14-9-12-18-19(14)13-7-5-4-6-8-13/h4-9,12,17H,10-11H2,1-3H3. The van der Waals surface area contributed by atoms with E-state index >= 15 is 0 Å². The lowest BCUT2D eigenvalue weighted by Gasteiger charge is -2.20. The summed E-state index contributed by atoms with van der Waals surface area (Å²) in [5.41, 5.74) is 1.57. The summed E-state index contributed by atoms with van der Waals surface area (Å²) < 4.78 is 1.69. The van der Waals surface area contributed by atoms with Crippen molar-refractivity contribution in [3.8, 4) is 5.69 Å². The SMILES string of the molecule is CC(C)(C)NCCC(=O)c1ccnn1-c1ccccc1. The molecule has 0 atom stereocenters. The molecule has 2 aromatic rings. The maximum Gasteiger partial charge on any atom is 0.182 e. The number of aromatic nitrogens is 2. The van der Waals surface area contributed by atoms with Gasteiger partial charge in [0, 0.05) is 18.5 Å². The van der Waals surface area contributed by atoms with E-state index in [2.05, 4.69) is 31.2 Å². The second kappa shape index (κ2) is 6.01. The van der Waals surface area contributed by atoms with Crippen LogP contribution in [0.5, 0.6) is 0 Å². The second-order valence-corrected chi connectivity index (χ2v) is 5.81. The van der Waals surface area contributed by atoms with Crippen LogP contribution in [0.15, 0.2) is 42.6 Å². The number of nitrogens with zero attached hydrogens (tertiary/aromatic N) is 2. The molecule has 1 aromatic heterocycles. The number of ketones is 1. The van der Waals surface area contributed by atoms with Crippen LogP contribution in [0.2, 0.25) is 0 Å². The zero-order valence-electron chi connectivity index (χ0n) is 12.3. The number of hydrogen-bond acceptors (Lipinski definition) is 3. The Hall–Kier alpha value is -1.94. The minimum atomic E-state index is 0.0277. The van der Waals surface area contributed by atoms with Crippen molar-refractivity contribution in [1.82, 2.24) is 15.1 Å². The molecule has 0 aliphatic rings. The van der Waals surface area contributed by atoms with Crippen LogP contribution in [0.4, 0.5) is 0 Å². The van der Waals surface area contributed by atoms with Gasteiger partial charge in [-0.3, -0.25) is 4.79 Å². The Labute approximate surface area is 119 Å². The highest BCUT2D eigenvalue weighted by atomic mass is 16.1. The zero-order chi connectivity index (χ0) is 14.6. The van der Waals surface area contributed by atoms with Gasteiger partial charge in [-0.2, -0.15) is 5.10 Å². The molecule has 1 aromatic carbocycles. The summed E-state index contributed by atoms with van der Waals surface area (Å²) in [5, 5.41) is 7.56. The predicted octanol–water partition coefficient (Wildman–Crippen LogP) is 2.83. The number of carbonyl (C=O) groups is 1. The van der Waals surface area contributed by atoms with E-state index in [-0.39, 0.29) is 11.3 Å². The van der Waals surface area contributed by atoms with E-state index in [4.69, 9.17) is 0 Å². The second-order valence-electron chi connectivity index (χ2n) is 5.81. The van der Waals surface area contributed by atoms with Crippen molar-refractivity contribution in [2.45, 2.75) is 32.7 Å². The van der Waals surface area contributed by atoms with Gasteiger partial charge in [-0.25, -0.2) is 4.68 Å². The van der Waals surface area contributed by atoms with Crippen molar-refractivity contribution in [2.75, 3.05) is 6.54 Å². The lowest BCUT2D eigenvalue weighted by Crippen LogP contribution is -2.37. The fourth-order valence-corrected chi connectivity index (χ4v) is 1.97. The van der Waals surface area contributed by atoms with Crippen LogP contribution >= 0.6 is 0 Å². The summed E-state index contributed by atoms with van der Waals surface area (Å²) >= 11 is 0. The number of hydrogen-bond donors (Lipinski definition) is 1. The monoisotopic (exact) mass is 271 g/mol. The highest BCUT2D eigenvalue weighted by Crippen LogP contribution is 2.11. The number of benzene rings is 1. The largest absolute Gasteiger partial charge is 0.312 e. The third kappa shape index (κ3) is 3.78. The molecule has 106 valence electrons. The van der Waals surface area contributed by atoms with Crippen molar-refractivity contribution in [3.63, 3.8) is 0 Å². The van der Waals surface area contributed by atoms with Crippen molar-refractivity contribution in [1.29, 1.82) is 0 Å². The normalized spacial score (nSPS) is 11.6. The molecule has 0 saturated heterocycles. The Morgan fingerprint density at radius 2 is 1.90 bits per heavy atom. The molecule has 0 bridgehead atoms. The molecule has 0 unspecified atom stereocenters. The van der Waals surface area contributed by atoms with Gasteiger partial charge in [-0.05, 0) is 39.0 Å². The first kappa shape index (κ1) is 14.5. The average Bonchev–Trinajstić information content (AvgIpc) is 2.87. The van der Waals surface area contributed by atoms with Crippen LogP contribution in [0, 0.1) is 0 Å². The Morgan fingerprint density at radius 1 is 1.20 bits per heavy atom. The lowest BCUT2D eigenvalue weighted by molar-refractivity contribution is 0.0973. The van der Waals surface area contributed by atoms with Gasteiger partial charge in [0.1, 0.15) is 5.69 Å². The van der Waals surface area contributed by atoms with Crippen LogP contribution < -0.4 is 5.32 Å². The fourth-order valence-electron chi connectivity index (χ4n) is 1.97. The highest BCUT2D eigenvalue weighted by Gasteiger charge is 2.14. The predicted molar refractivity (Wildman–Crippen MR) is 80.3 cm³/mol. The summed E-state index contributed by atoms with van der Waals surface area (Å²) in [4.78, 5) is 12.3. The first-order chi connectivity index (χ1) is 9.47. The zero-order valence-corrected chi connectivity index (χ0v) is 12.3. The van der Waals surface area contributed by atoms with Crippen molar-refractivity contribution in [3.05, 3.63) is 48.3 Å². The van der Waals surface area contributed by atoms with E-state index in [1.54, 1.807) is 16.9 Å². The molecule has 0 aliphatic carbocycles. The molecule has 0 fully saturated rings. The molecule has 2 rings (SSSR count). The van der Waals surface area contributed by atoms with E-state index < -0.39 is 0 Å². The number of nitrogens with one attached hydrogen (secondary N) is 1. The smallest absolute Gasteiger partial charge is 0.182 e. The molecular weight excluding hydrogens is 250 g/mol. The summed E-state index contributed by atoms with van der Waals surface area (Å²) in [6.45, 7) is 6.94. The number of rotatable bonds is 5. The third-order valence-corrected chi connectivity index (χ3v) is 2.94. The van der Waals surface area contributed by atoms with E-state index in [1.165, 1.54) is 0 Å². The Bertz CT molecular complexity index is 567. The quantitative estimate of drug-likeness (QED) is 0.851. The Kier molecular flexibility index (Phi) is 4.35. The topological polar surface area (TPSA) is 46.9 Å². The van der Waals surface area contributed by atoms with Crippen LogP contribution in [0.3, 0.4) is 0 Å². The third-order valence-electron chi connectivity index (χ3n) is 2.94. The molecule has 1 N–H and O–H groups in total. The highest BCUT2D eigenvalue weighted by molar-refractivity contribution is 5.95. The molecule has 0 aliphatic heterocycles.